The molecule has 1 atom stereocenters. The molecule has 0 spiro atoms. The summed E-state index contributed by atoms with van der Waals surface area (Å²) in [6.45, 7) is 7.42. The number of hydrogen-bond acceptors (Lipinski definition) is 3. The Morgan fingerprint density at radius 1 is 1.19 bits per heavy atom. The van der Waals surface area contributed by atoms with Gasteiger partial charge in [-0.05, 0) is 31.4 Å². The van der Waals surface area contributed by atoms with Crippen molar-refractivity contribution in [1.29, 1.82) is 0 Å². The third kappa shape index (κ3) is 4.16. The van der Waals surface area contributed by atoms with Gasteiger partial charge in [0.15, 0.2) is 0 Å². The highest BCUT2D eigenvalue weighted by atomic mass is 16.3. The van der Waals surface area contributed by atoms with Crippen LogP contribution in [0.5, 0.6) is 0 Å². The number of aliphatic hydroxyl groups is 1. The Kier molecular flexibility index (Phi) is 5.53. The summed E-state index contributed by atoms with van der Waals surface area (Å²) in [5.74, 6) is 0.389. The number of rotatable bonds is 7. The van der Waals surface area contributed by atoms with E-state index in [4.69, 9.17) is 10.2 Å². The monoisotopic (exact) mass is 287 g/mol. The summed E-state index contributed by atoms with van der Waals surface area (Å²) in [4.78, 5) is 0. The van der Waals surface area contributed by atoms with E-state index in [2.05, 4.69) is 44.4 Å². The summed E-state index contributed by atoms with van der Waals surface area (Å²) in [5, 5.41) is 17.2. The van der Waals surface area contributed by atoms with Gasteiger partial charge in [0, 0.05) is 31.0 Å². The molecule has 114 valence electrons. The van der Waals surface area contributed by atoms with E-state index in [1.807, 2.05) is 22.9 Å². The maximum atomic E-state index is 8.97. The van der Waals surface area contributed by atoms with Crippen LogP contribution in [-0.4, -0.2) is 27.5 Å². The van der Waals surface area contributed by atoms with Crippen molar-refractivity contribution in [2.75, 3.05) is 6.61 Å². The average molecular weight is 287 g/mol. The molecule has 0 aliphatic rings. The maximum Gasteiger partial charge on any atom is 0.0699 e. The summed E-state index contributed by atoms with van der Waals surface area (Å²) >= 11 is 0. The van der Waals surface area contributed by atoms with Gasteiger partial charge in [-0.1, -0.05) is 32.0 Å². The van der Waals surface area contributed by atoms with Crippen LogP contribution >= 0.6 is 0 Å². The van der Waals surface area contributed by atoms with Crippen molar-refractivity contribution in [3.63, 3.8) is 0 Å². The highest BCUT2D eigenvalue weighted by Gasteiger charge is 2.13. The summed E-state index contributed by atoms with van der Waals surface area (Å²) in [6.07, 6.45) is 2.87. The van der Waals surface area contributed by atoms with Crippen molar-refractivity contribution in [2.45, 2.75) is 45.7 Å². The SMILES string of the molecule is CC(CCO)NCc1cn(-c2ccccc2)nc1C(C)C. The molecule has 2 rings (SSSR count). The fourth-order valence-corrected chi connectivity index (χ4v) is 2.34. The predicted octanol–water partition coefficient (Wildman–Crippen LogP) is 2.86. The molecule has 0 bridgehead atoms. The van der Waals surface area contributed by atoms with Crippen molar-refractivity contribution < 1.29 is 5.11 Å². The van der Waals surface area contributed by atoms with Crippen molar-refractivity contribution >= 4 is 0 Å². The van der Waals surface area contributed by atoms with Gasteiger partial charge in [-0.3, -0.25) is 0 Å². The maximum absolute atomic E-state index is 8.97. The van der Waals surface area contributed by atoms with Crippen LogP contribution in [0.1, 0.15) is 44.4 Å². The molecule has 0 saturated heterocycles. The summed E-state index contributed by atoms with van der Waals surface area (Å²) in [6, 6.07) is 10.5. The number of aromatic nitrogens is 2. The van der Waals surface area contributed by atoms with Crippen molar-refractivity contribution in [2.24, 2.45) is 0 Å². The van der Waals surface area contributed by atoms with Crippen LogP contribution in [0.25, 0.3) is 5.69 Å². The van der Waals surface area contributed by atoms with Crippen LogP contribution in [-0.2, 0) is 6.54 Å². The number of nitrogens with zero attached hydrogens (tertiary/aromatic N) is 2. The Morgan fingerprint density at radius 3 is 2.52 bits per heavy atom. The predicted molar refractivity (Wildman–Crippen MR) is 85.7 cm³/mol. The minimum absolute atomic E-state index is 0.217. The lowest BCUT2D eigenvalue weighted by atomic mass is 10.1. The van der Waals surface area contributed by atoms with E-state index >= 15 is 0 Å². The smallest absolute Gasteiger partial charge is 0.0699 e. The normalized spacial score (nSPS) is 12.8. The van der Waals surface area contributed by atoms with Crippen LogP contribution in [0.4, 0.5) is 0 Å². The molecule has 4 heteroatoms. The first-order chi connectivity index (χ1) is 10.1. The number of nitrogens with one attached hydrogen (secondary N) is 1. The largest absolute Gasteiger partial charge is 0.396 e. The van der Waals surface area contributed by atoms with E-state index in [9.17, 15) is 0 Å². The first-order valence-corrected chi connectivity index (χ1v) is 7.60. The zero-order chi connectivity index (χ0) is 15.2. The Bertz CT molecular complexity index is 548. The highest BCUT2D eigenvalue weighted by Crippen LogP contribution is 2.20. The van der Waals surface area contributed by atoms with E-state index in [0.29, 0.717) is 12.0 Å². The lowest BCUT2D eigenvalue weighted by Crippen LogP contribution is -2.26. The van der Waals surface area contributed by atoms with Crippen molar-refractivity contribution in [3.8, 4) is 5.69 Å². The molecular weight excluding hydrogens is 262 g/mol. The van der Waals surface area contributed by atoms with Crippen molar-refractivity contribution in [1.82, 2.24) is 15.1 Å². The zero-order valence-corrected chi connectivity index (χ0v) is 13.1. The molecule has 1 aromatic carbocycles. The molecule has 2 aromatic rings. The summed E-state index contributed by atoms with van der Waals surface area (Å²) < 4.78 is 1.95. The molecule has 0 radical (unpaired) electrons. The molecule has 0 saturated carbocycles. The molecule has 1 aromatic heterocycles. The molecule has 2 N–H and O–H groups in total. The highest BCUT2D eigenvalue weighted by molar-refractivity contribution is 5.33. The molecule has 21 heavy (non-hydrogen) atoms. The van der Waals surface area contributed by atoms with E-state index in [0.717, 1.165) is 24.3 Å². The lowest BCUT2D eigenvalue weighted by Gasteiger charge is -2.12. The van der Waals surface area contributed by atoms with Gasteiger partial charge in [0.25, 0.3) is 0 Å². The Morgan fingerprint density at radius 2 is 1.90 bits per heavy atom. The van der Waals surface area contributed by atoms with Gasteiger partial charge in [0.05, 0.1) is 11.4 Å². The summed E-state index contributed by atoms with van der Waals surface area (Å²) in [7, 11) is 0. The average Bonchev–Trinajstić information content (AvgIpc) is 2.91. The number of benzene rings is 1. The van der Waals surface area contributed by atoms with Gasteiger partial charge >= 0.3 is 0 Å². The third-order valence-corrected chi connectivity index (χ3v) is 3.59. The van der Waals surface area contributed by atoms with Crippen LogP contribution in [0.15, 0.2) is 36.5 Å². The molecule has 0 aliphatic carbocycles. The second-order valence-electron chi connectivity index (χ2n) is 5.77. The second kappa shape index (κ2) is 7.38. The quantitative estimate of drug-likeness (QED) is 0.823. The second-order valence-corrected chi connectivity index (χ2v) is 5.77. The third-order valence-electron chi connectivity index (χ3n) is 3.59. The molecule has 0 aliphatic heterocycles. The first-order valence-electron chi connectivity index (χ1n) is 7.60. The van der Waals surface area contributed by atoms with Gasteiger partial charge in [0.1, 0.15) is 0 Å². The molecule has 0 amide bonds. The first kappa shape index (κ1) is 15.7. The van der Waals surface area contributed by atoms with Gasteiger partial charge < -0.3 is 10.4 Å². The van der Waals surface area contributed by atoms with Crippen LogP contribution in [0.3, 0.4) is 0 Å². The number of para-hydroxylation sites is 1. The topological polar surface area (TPSA) is 50.1 Å². The fraction of sp³-hybridized carbons (Fsp3) is 0.471. The van der Waals surface area contributed by atoms with Gasteiger partial charge in [-0.25, -0.2) is 4.68 Å². The van der Waals surface area contributed by atoms with Crippen LogP contribution in [0, 0.1) is 0 Å². The Balaban J connectivity index is 2.18. The van der Waals surface area contributed by atoms with Crippen LogP contribution < -0.4 is 5.32 Å². The van der Waals surface area contributed by atoms with Gasteiger partial charge in [-0.2, -0.15) is 5.10 Å². The molecule has 1 unspecified atom stereocenters. The molecule has 0 fully saturated rings. The Hall–Kier alpha value is -1.65. The molecular formula is C17H25N3O. The van der Waals surface area contributed by atoms with Crippen molar-refractivity contribution in [3.05, 3.63) is 47.8 Å². The molecule has 4 nitrogen and oxygen atoms in total. The van der Waals surface area contributed by atoms with E-state index in [1.54, 1.807) is 0 Å². The van der Waals surface area contributed by atoms with Gasteiger partial charge in [0.2, 0.25) is 0 Å². The zero-order valence-electron chi connectivity index (χ0n) is 13.1. The van der Waals surface area contributed by atoms with Gasteiger partial charge in [-0.15, -0.1) is 0 Å². The minimum Gasteiger partial charge on any atom is -0.396 e. The number of aliphatic hydroxyl groups excluding tert-OH is 1. The lowest BCUT2D eigenvalue weighted by molar-refractivity contribution is 0.268. The Labute approximate surface area is 126 Å². The summed E-state index contributed by atoms with van der Waals surface area (Å²) in [5.41, 5.74) is 3.43. The number of hydrogen-bond donors (Lipinski definition) is 2. The van der Waals surface area contributed by atoms with E-state index in [-0.39, 0.29) is 6.61 Å². The molecule has 1 heterocycles. The van der Waals surface area contributed by atoms with E-state index in [1.165, 1.54) is 5.56 Å². The minimum atomic E-state index is 0.217. The standard InChI is InChI=1S/C17H25N3O/c1-13(2)17-15(11-18-14(3)9-10-21)12-20(19-17)16-7-5-4-6-8-16/h4-8,12-14,18,21H,9-11H2,1-3H3. The fourth-order valence-electron chi connectivity index (χ4n) is 2.34. The van der Waals surface area contributed by atoms with E-state index < -0.39 is 0 Å². The van der Waals surface area contributed by atoms with Crippen LogP contribution in [0.2, 0.25) is 0 Å².